The number of methoxy groups -OCH3 is 2. The van der Waals surface area contributed by atoms with Crippen LogP contribution in [0.25, 0.3) is 11.1 Å². The highest BCUT2D eigenvalue weighted by atomic mass is 16.5. The highest BCUT2D eigenvalue weighted by molar-refractivity contribution is 6.01. The van der Waals surface area contributed by atoms with E-state index in [1.807, 2.05) is 37.5 Å². The summed E-state index contributed by atoms with van der Waals surface area (Å²) < 4.78 is 9.59. The van der Waals surface area contributed by atoms with Crippen LogP contribution in [0.5, 0.6) is 0 Å². The van der Waals surface area contributed by atoms with E-state index in [0.717, 1.165) is 49.1 Å². The number of rotatable bonds is 9. The first kappa shape index (κ1) is 40.2. The molecule has 4 amide bonds. The third-order valence-electron chi connectivity index (χ3n) is 13.1. The molecule has 0 radical (unpaired) electrons. The average Bonchev–Trinajstić information content (AvgIpc) is 4.07. The molecule has 8 rings (SSSR count). The predicted molar refractivity (Wildman–Crippen MR) is 223 cm³/mol. The summed E-state index contributed by atoms with van der Waals surface area (Å²) in [4.78, 5) is 68.3. The number of carbonyl (C=O) groups is 4. The lowest BCUT2D eigenvalue weighted by Gasteiger charge is -2.31. The van der Waals surface area contributed by atoms with E-state index in [1.165, 1.54) is 54.9 Å². The molecule has 6 atom stereocenters. The van der Waals surface area contributed by atoms with Crippen LogP contribution in [0.3, 0.4) is 0 Å². The molecule has 1 saturated carbocycles. The van der Waals surface area contributed by atoms with Gasteiger partial charge < -0.3 is 34.9 Å². The first-order valence-electron chi connectivity index (χ1n) is 21.2. The molecule has 3 aromatic rings. The van der Waals surface area contributed by atoms with Crippen LogP contribution in [0.4, 0.5) is 15.3 Å². The summed E-state index contributed by atoms with van der Waals surface area (Å²) >= 11 is 0. The Balaban J connectivity index is 0.995. The third kappa shape index (κ3) is 7.70. The number of alkyl carbamates (subject to hydrolysis) is 2. The molecule has 2 aromatic carbocycles. The van der Waals surface area contributed by atoms with E-state index in [1.54, 1.807) is 6.20 Å². The summed E-state index contributed by atoms with van der Waals surface area (Å²) in [6.07, 6.45) is 8.01. The Kier molecular flexibility index (Phi) is 11.3. The number of nitrogens with one attached hydrogen (secondary N) is 3. The fourth-order valence-corrected chi connectivity index (χ4v) is 9.88. The molecule has 310 valence electrons. The molecule has 13 heteroatoms. The second-order valence-electron chi connectivity index (χ2n) is 17.4. The molecule has 3 fully saturated rings. The largest absolute Gasteiger partial charge is 0.453 e. The Bertz CT molecular complexity index is 2250. The van der Waals surface area contributed by atoms with E-state index >= 15 is 0 Å². The molecule has 2 unspecified atom stereocenters. The van der Waals surface area contributed by atoms with Crippen molar-refractivity contribution in [2.75, 3.05) is 27.3 Å². The maximum absolute atomic E-state index is 13.8. The molecule has 3 N–H and O–H groups in total. The van der Waals surface area contributed by atoms with Gasteiger partial charge in [-0.1, -0.05) is 45.7 Å². The molecule has 59 heavy (non-hydrogen) atoms. The smallest absolute Gasteiger partial charge is 0.407 e. The van der Waals surface area contributed by atoms with Gasteiger partial charge in [0.15, 0.2) is 0 Å². The van der Waals surface area contributed by atoms with Crippen LogP contribution < -0.4 is 10.6 Å². The topological polar surface area (TPSA) is 158 Å². The highest BCUT2D eigenvalue weighted by Crippen LogP contribution is 2.54. The SMILES string of the molecule is COC(=O)N[C@H](C(=O)N1CCC[C@H]1C1=Nc2ccc(-c3ccc(C#Cc4cnc([C@@H]5CCCN5C(=O)[C@@H](NC(=O)OC)C(C)C)[nH]4)c4c3CC3CCC43)cc2C1)C(C)C. The minimum Gasteiger partial charge on any atom is -0.453 e. The zero-order chi connectivity index (χ0) is 41.5. The van der Waals surface area contributed by atoms with Gasteiger partial charge in [-0.3, -0.25) is 14.6 Å². The van der Waals surface area contributed by atoms with Crippen molar-refractivity contribution in [3.63, 3.8) is 0 Å². The van der Waals surface area contributed by atoms with Crippen molar-refractivity contribution in [1.29, 1.82) is 0 Å². The first-order valence-corrected chi connectivity index (χ1v) is 21.2. The van der Waals surface area contributed by atoms with Crippen molar-refractivity contribution >= 4 is 35.4 Å². The second kappa shape index (κ2) is 16.5. The number of H-pyrrole nitrogens is 1. The summed E-state index contributed by atoms with van der Waals surface area (Å²) in [6.45, 7) is 8.90. The number of aromatic nitrogens is 2. The summed E-state index contributed by atoms with van der Waals surface area (Å²) in [6, 6.07) is 9.28. The number of likely N-dealkylation sites (tertiary alicyclic amines) is 2. The maximum Gasteiger partial charge on any atom is 0.407 e. The van der Waals surface area contributed by atoms with E-state index in [4.69, 9.17) is 14.5 Å². The Morgan fingerprint density at radius 3 is 2.12 bits per heavy atom. The quantitative estimate of drug-likeness (QED) is 0.207. The summed E-state index contributed by atoms with van der Waals surface area (Å²) in [5, 5.41) is 5.45. The first-order chi connectivity index (χ1) is 28.4. The van der Waals surface area contributed by atoms with E-state index in [-0.39, 0.29) is 35.7 Å². The van der Waals surface area contributed by atoms with Gasteiger partial charge in [0.25, 0.3) is 0 Å². The fraction of sp³-hybridized carbons (Fsp3) is 0.522. The molecule has 3 aliphatic heterocycles. The fourth-order valence-electron chi connectivity index (χ4n) is 9.88. The summed E-state index contributed by atoms with van der Waals surface area (Å²) in [7, 11) is 2.60. The average molecular weight is 802 g/mol. The number of aromatic amines is 1. The number of imidazole rings is 1. The molecular weight excluding hydrogens is 747 g/mol. The number of aliphatic imine (C=N–C) groups is 1. The molecule has 2 aliphatic carbocycles. The molecule has 0 spiro atoms. The number of fused-ring (bicyclic) bond motifs is 4. The van der Waals surface area contributed by atoms with Crippen molar-refractivity contribution in [2.45, 2.75) is 109 Å². The summed E-state index contributed by atoms with van der Waals surface area (Å²) in [5.41, 5.74) is 10.1. The van der Waals surface area contributed by atoms with E-state index < -0.39 is 24.3 Å². The number of benzene rings is 2. The number of amides is 4. The van der Waals surface area contributed by atoms with Crippen molar-refractivity contribution < 1.29 is 28.7 Å². The van der Waals surface area contributed by atoms with Gasteiger partial charge in [-0.25, -0.2) is 14.6 Å². The number of hydrogen-bond donors (Lipinski definition) is 3. The van der Waals surface area contributed by atoms with Crippen LogP contribution in [-0.4, -0.2) is 94.9 Å². The lowest BCUT2D eigenvalue weighted by Crippen LogP contribution is -2.53. The molecule has 2 saturated heterocycles. The number of ether oxygens (including phenoxy) is 2. The van der Waals surface area contributed by atoms with Crippen LogP contribution in [0.15, 0.2) is 41.5 Å². The van der Waals surface area contributed by atoms with Crippen LogP contribution in [-0.2, 0) is 31.9 Å². The Labute approximate surface area is 346 Å². The Morgan fingerprint density at radius 2 is 1.49 bits per heavy atom. The van der Waals surface area contributed by atoms with Crippen molar-refractivity contribution in [3.8, 4) is 23.0 Å². The number of hydrogen-bond acceptors (Lipinski definition) is 8. The maximum atomic E-state index is 13.8. The van der Waals surface area contributed by atoms with E-state index in [9.17, 15) is 19.2 Å². The van der Waals surface area contributed by atoms with Gasteiger partial charge in [-0.15, -0.1) is 0 Å². The normalized spacial score (nSPS) is 22.4. The zero-order valence-corrected chi connectivity index (χ0v) is 34.9. The standard InChI is InChI=1S/C46H55N7O6/c1-25(2)40(50-45(56)58-5)43(54)52-19-7-9-37(52)36-23-30-21-28(14-18-35(30)49-36)32-16-12-27(39-33-17-13-29(33)22-34(32)39)11-15-31-24-47-42(48-31)38-10-8-20-53(38)44(55)41(26(3)4)51-46(57)59-6/h12,14,16,18,21,24-26,29,33,37-38,40-41H,7-10,13,17,19-20,22-23H2,1-6H3,(H,47,48)(H,50,56)(H,51,57)/t29?,33?,37-,38-,40-,41-/m0/s1. The number of carbonyl (C=O) groups excluding carboxylic acids is 4. The summed E-state index contributed by atoms with van der Waals surface area (Å²) in [5.74, 6) is 8.28. The van der Waals surface area contributed by atoms with Gasteiger partial charge >= 0.3 is 12.2 Å². The molecule has 5 aliphatic rings. The van der Waals surface area contributed by atoms with Crippen LogP contribution in [0, 0.1) is 29.6 Å². The van der Waals surface area contributed by atoms with Crippen LogP contribution >= 0.6 is 0 Å². The second-order valence-corrected chi connectivity index (χ2v) is 17.4. The minimum atomic E-state index is -0.692. The van der Waals surface area contributed by atoms with E-state index in [0.29, 0.717) is 42.9 Å². The van der Waals surface area contributed by atoms with Gasteiger partial charge in [0, 0.05) is 30.8 Å². The predicted octanol–water partition coefficient (Wildman–Crippen LogP) is 6.57. The van der Waals surface area contributed by atoms with Crippen molar-refractivity contribution in [3.05, 3.63) is 70.3 Å². The zero-order valence-electron chi connectivity index (χ0n) is 34.9. The molecular formula is C46H55N7O6. The Hall–Kier alpha value is -5.64. The van der Waals surface area contributed by atoms with Crippen molar-refractivity contribution in [2.24, 2.45) is 22.7 Å². The highest BCUT2D eigenvalue weighted by Gasteiger charge is 2.43. The third-order valence-corrected chi connectivity index (χ3v) is 13.1. The van der Waals surface area contributed by atoms with Gasteiger partial charge in [0.1, 0.15) is 23.6 Å². The molecule has 0 bridgehead atoms. The molecule has 1 aromatic heterocycles. The molecule has 4 heterocycles. The van der Waals surface area contributed by atoms with Crippen LogP contribution in [0.2, 0.25) is 0 Å². The number of nitrogens with zero attached hydrogens (tertiary/aromatic N) is 4. The van der Waals surface area contributed by atoms with Gasteiger partial charge in [0.2, 0.25) is 11.8 Å². The monoisotopic (exact) mass is 801 g/mol. The van der Waals surface area contributed by atoms with Gasteiger partial charge in [-0.05, 0) is 121 Å². The van der Waals surface area contributed by atoms with Crippen LogP contribution in [0.1, 0.15) is 112 Å². The molecule has 13 nitrogen and oxygen atoms in total. The lowest BCUT2D eigenvalue weighted by molar-refractivity contribution is -0.135. The Morgan fingerprint density at radius 1 is 0.831 bits per heavy atom. The van der Waals surface area contributed by atoms with Crippen molar-refractivity contribution in [1.82, 2.24) is 30.4 Å². The lowest BCUT2D eigenvalue weighted by atomic mass is 9.73. The minimum absolute atomic E-state index is 0.0877. The van der Waals surface area contributed by atoms with Gasteiger partial charge in [0.05, 0.1) is 38.2 Å². The van der Waals surface area contributed by atoms with E-state index in [2.05, 4.69) is 62.8 Å². The van der Waals surface area contributed by atoms with Gasteiger partial charge in [-0.2, -0.15) is 0 Å².